The van der Waals surface area contributed by atoms with Crippen molar-refractivity contribution in [3.63, 3.8) is 0 Å². The third-order valence-electron chi connectivity index (χ3n) is 4.68. The van der Waals surface area contributed by atoms with E-state index < -0.39 is 0 Å². The number of likely N-dealkylation sites (N-methyl/N-ethyl adjacent to an activating group) is 1. The topological polar surface area (TPSA) is 53.1 Å². The lowest BCUT2D eigenvalue weighted by atomic mass is 10.1. The van der Waals surface area contributed by atoms with E-state index in [1.165, 1.54) is 0 Å². The van der Waals surface area contributed by atoms with E-state index in [1.807, 2.05) is 4.90 Å². The Morgan fingerprint density at radius 3 is 2.62 bits per heavy atom. The van der Waals surface area contributed by atoms with Crippen molar-refractivity contribution in [2.45, 2.75) is 19.4 Å². The largest absolute Gasteiger partial charge is 0.383 e. The summed E-state index contributed by atoms with van der Waals surface area (Å²) in [6.45, 7) is 5.40. The van der Waals surface area contributed by atoms with E-state index in [0.29, 0.717) is 38.1 Å². The second-order valence-corrected chi connectivity index (χ2v) is 6.49. The molecule has 0 radical (unpaired) electrons. The Morgan fingerprint density at radius 1 is 1.33 bits per heavy atom. The molecule has 2 fully saturated rings. The summed E-state index contributed by atoms with van der Waals surface area (Å²) in [5.41, 5.74) is 0. The highest BCUT2D eigenvalue weighted by molar-refractivity contribution is 5.89. The number of carbonyl (C=O) groups excluding carboxylic acids is 2. The highest BCUT2D eigenvalue weighted by Crippen LogP contribution is 2.25. The van der Waals surface area contributed by atoms with E-state index in [1.54, 1.807) is 12.0 Å². The minimum Gasteiger partial charge on any atom is -0.383 e. The number of hydrogen-bond acceptors (Lipinski definition) is 4. The third kappa shape index (κ3) is 3.55. The van der Waals surface area contributed by atoms with Gasteiger partial charge in [-0.05, 0) is 20.0 Å². The molecule has 0 unspecified atom stereocenters. The van der Waals surface area contributed by atoms with Crippen LogP contribution in [0.15, 0.2) is 0 Å². The van der Waals surface area contributed by atoms with E-state index >= 15 is 0 Å². The Morgan fingerprint density at radius 2 is 2.05 bits per heavy atom. The molecule has 6 heteroatoms. The summed E-state index contributed by atoms with van der Waals surface area (Å²) >= 11 is 0. The Hall–Kier alpha value is -1.14. The zero-order chi connectivity index (χ0) is 15.6. The molecule has 2 amide bonds. The number of amides is 2. The average Bonchev–Trinajstić information content (AvgIpc) is 2.99. The first kappa shape index (κ1) is 16.2. The van der Waals surface area contributed by atoms with Crippen LogP contribution in [-0.2, 0) is 14.3 Å². The van der Waals surface area contributed by atoms with Gasteiger partial charge in [-0.25, -0.2) is 0 Å². The molecular formula is C15H27N3O3. The molecule has 120 valence electrons. The molecule has 2 aliphatic rings. The number of methoxy groups -OCH3 is 1. The fourth-order valence-electron chi connectivity index (χ4n) is 3.42. The van der Waals surface area contributed by atoms with Crippen molar-refractivity contribution in [2.75, 3.05) is 54.0 Å². The highest BCUT2D eigenvalue weighted by Gasteiger charge is 2.40. The summed E-state index contributed by atoms with van der Waals surface area (Å²) in [7, 11) is 5.73. The summed E-state index contributed by atoms with van der Waals surface area (Å²) < 4.78 is 5.01. The Bertz CT molecular complexity index is 400. The SMILES string of the molecule is COCCN1C[C@H](C(=O)N2C[C@@H](N(C)C)[C@@H](C)C2)CC1=O. The first-order chi connectivity index (χ1) is 9.93. The maximum atomic E-state index is 12.6. The van der Waals surface area contributed by atoms with Gasteiger partial charge < -0.3 is 19.4 Å². The number of hydrogen-bond donors (Lipinski definition) is 0. The number of rotatable bonds is 5. The minimum atomic E-state index is -0.178. The van der Waals surface area contributed by atoms with Gasteiger partial charge in [0.1, 0.15) is 0 Å². The zero-order valence-electron chi connectivity index (χ0n) is 13.5. The molecular weight excluding hydrogens is 270 g/mol. The van der Waals surface area contributed by atoms with Crippen molar-refractivity contribution < 1.29 is 14.3 Å². The second kappa shape index (κ2) is 6.75. The standard InChI is InChI=1S/C15H27N3O3/c1-11-8-18(10-13(11)16(2)3)15(20)12-7-14(19)17(9-12)5-6-21-4/h11-13H,5-10H2,1-4H3/t11-,12+,13+/m0/s1. The minimum absolute atomic E-state index is 0.0711. The van der Waals surface area contributed by atoms with Crippen molar-refractivity contribution in [3.05, 3.63) is 0 Å². The molecule has 2 heterocycles. The van der Waals surface area contributed by atoms with Gasteiger partial charge in [-0.1, -0.05) is 6.92 Å². The van der Waals surface area contributed by atoms with E-state index in [2.05, 4.69) is 25.9 Å². The molecule has 0 bridgehead atoms. The fourth-order valence-corrected chi connectivity index (χ4v) is 3.42. The van der Waals surface area contributed by atoms with E-state index in [4.69, 9.17) is 4.74 Å². The third-order valence-corrected chi connectivity index (χ3v) is 4.68. The van der Waals surface area contributed by atoms with Crippen molar-refractivity contribution in [1.82, 2.24) is 14.7 Å². The van der Waals surface area contributed by atoms with Gasteiger partial charge in [0.05, 0.1) is 12.5 Å². The van der Waals surface area contributed by atoms with Gasteiger partial charge in [-0.3, -0.25) is 9.59 Å². The molecule has 2 saturated heterocycles. The quantitative estimate of drug-likeness (QED) is 0.710. The Kier molecular flexibility index (Phi) is 5.22. The summed E-state index contributed by atoms with van der Waals surface area (Å²) in [6, 6.07) is 0.413. The number of likely N-dealkylation sites (tertiary alicyclic amines) is 2. The maximum absolute atomic E-state index is 12.6. The fraction of sp³-hybridized carbons (Fsp3) is 0.867. The van der Waals surface area contributed by atoms with Crippen LogP contribution >= 0.6 is 0 Å². The normalized spacial score (nSPS) is 29.8. The van der Waals surface area contributed by atoms with Crippen molar-refractivity contribution in [2.24, 2.45) is 11.8 Å². The molecule has 0 spiro atoms. The van der Waals surface area contributed by atoms with Crippen LogP contribution in [0.1, 0.15) is 13.3 Å². The van der Waals surface area contributed by atoms with Crippen LogP contribution < -0.4 is 0 Å². The van der Waals surface area contributed by atoms with Crippen LogP contribution in [-0.4, -0.2) is 86.5 Å². The van der Waals surface area contributed by atoms with E-state index in [0.717, 1.165) is 13.1 Å². The van der Waals surface area contributed by atoms with Gasteiger partial charge in [0.2, 0.25) is 11.8 Å². The predicted molar refractivity (Wildman–Crippen MR) is 79.8 cm³/mol. The van der Waals surface area contributed by atoms with Gasteiger partial charge in [0.25, 0.3) is 0 Å². The van der Waals surface area contributed by atoms with Gasteiger partial charge in [-0.15, -0.1) is 0 Å². The second-order valence-electron chi connectivity index (χ2n) is 6.49. The van der Waals surface area contributed by atoms with Gasteiger partial charge in [0, 0.05) is 45.8 Å². The molecule has 6 nitrogen and oxygen atoms in total. The Labute approximate surface area is 127 Å². The molecule has 3 atom stereocenters. The van der Waals surface area contributed by atoms with Crippen LogP contribution in [0.4, 0.5) is 0 Å². The van der Waals surface area contributed by atoms with Crippen LogP contribution in [0, 0.1) is 11.8 Å². The predicted octanol–water partition coefficient (Wildman–Crippen LogP) is -0.110. The van der Waals surface area contributed by atoms with Crippen LogP contribution in [0.5, 0.6) is 0 Å². The van der Waals surface area contributed by atoms with Crippen molar-refractivity contribution in [1.29, 1.82) is 0 Å². The van der Waals surface area contributed by atoms with Crippen LogP contribution in [0.3, 0.4) is 0 Å². The highest BCUT2D eigenvalue weighted by atomic mass is 16.5. The summed E-state index contributed by atoms with van der Waals surface area (Å²) in [5, 5.41) is 0. The van der Waals surface area contributed by atoms with E-state index in [-0.39, 0.29) is 17.7 Å². The lowest BCUT2D eigenvalue weighted by Gasteiger charge is -2.23. The van der Waals surface area contributed by atoms with E-state index in [9.17, 15) is 9.59 Å². The monoisotopic (exact) mass is 297 g/mol. The van der Waals surface area contributed by atoms with Crippen molar-refractivity contribution in [3.8, 4) is 0 Å². The number of carbonyl (C=O) groups is 2. The molecule has 0 saturated carbocycles. The molecule has 0 aromatic rings. The zero-order valence-corrected chi connectivity index (χ0v) is 13.5. The lowest BCUT2D eigenvalue weighted by molar-refractivity contribution is -0.135. The molecule has 0 aromatic carbocycles. The smallest absolute Gasteiger partial charge is 0.228 e. The van der Waals surface area contributed by atoms with Crippen LogP contribution in [0.2, 0.25) is 0 Å². The van der Waals surface area contributed by atoms with Crippen molar-refractivity contribution >= 4 is 11.8 Å². The summed E-state index contributed by atoms with van der Waals surface area (Å²) in [4.78, 5) is 30.4. The van der Waals surface area contributed by atoms with Crippen LogP contribution in [0.25, 0.3) is 0 Å². The number of nitrogens with zero attached hydrogens (tertiary/aromatic N) is 3. The first-order valence-electron chi connectivity index (χ1n) is 7.66. The molecule has 2 aliphatic heterocycles. The molecule has 0 aromatic heterocycles. The average molecular weight is 297 g/mol. The lowest BCUT2D eigenvalue weighted by Crippen LogP contribution is -2.39. The first-order valence-corrected chi connectivity index (χ1v) is 7.66. The van der Waals surface area contributed by atoms with Gasteiger partial charge >= 0.3 is 0 Å². The number of ether oxygens (including phenoxy) is 1. The summed E-state index contributed by atoms with van der Waals surface area (Å²) in [5.74, 6) is 0.509. The molecule has 2 rings (SSSR count). The van der Waals surface area contributed by atoms with Gasteiger partial charge in [-0.2, -0.15) is 0 Å². The molecule has 21 heavy (non-hydrogen) atoms. The molecule has 0 aliphatic carbocycles. The van der Waals surface area contributed by atoms with Gasteiger partial charge in [0.15, 0.2) is 0 Å². The Balaban J connectivity index is 1.91. The maximum Gasteiger partial charge on any atom is 0.228 e. The summed E-state index contributed by atoms with van der Waals surface area (Å²) in [6.07, 6.45) is 0.347. The molecule has 0 N–H and O–H groups in total.